The van der Waals surface area contributed by atoms with Crippen LogP contribution in [-0.4, -0.2) is 76.6 Å². The second kappa shape index (κ2) is 14.9. The van der Waals surface area contributed by atoms with Crippen molar-refractivity contribution in [2.45, 2.75) is 44.5 Å². The molecule has 230 valence electrons. The molecule has 4 N–H and O–H groups in total. The van der Waals surface area contributed by atoms with E-state index in [4.69, 9.17) is 25.2 Å². The minimum absolute atomic E-state index is 0.202. The Morgan fingerprint density at radius 2 is 1.70 bits per heavy atom. The van der Waals surface area contributed by atoms with E-state index >= 15 is 0 Å². The number of imidazole rings is 1. The summed E-state index contributed by atoms with van der Waals surface area (Å²) in [5.74, 6) is -4.33. The Morgan fingerprint density at radius 1 is 1.02 bits per heavy atom. The third-order valence-corrected chi connectivity index (χ3v) is 6.75. The number of benzene rings is 2. The zero-order valence-corrected chi connectivity index (χ0v) is 23.9. The van der Waals surface area contributed by atoms with E-state index in [9.17, 15) is 18.8 Å². The highest BCUT2D eigenvalue weighted by Gasteiger charge is 2.40. The van der Waals surface area contributed by atoms with E-state index in [1.807, 2.05) is 43.8 Å². The zero-order chi connectivity index (χ0) is 31.6. The highest BCUT2D eigenvalue weighted by molar-refractivity contribution is 5.88. The second-order valence-corrected chi connectivity index (χ2v) is 10.1. The number of nitrogens with zero attached hydrogens (tertiary/aromatic N) is 4. The van der Waals surface area contributed by atoms with E-state index in [-0.39, 0.29) is 5.82 Å². The monoisotopic (exact) mass is 598 g/mol. The van der Waals surface area contributed by atoms with Gasteiger partial charge in [0.15, 0.2) is 5.60 Å². The van der Waals surface area contributed by atoms with Gasteiger partial charge < -0.3 is 34.3 Å². The number of carboxylic acids is 3. The molecule has 0 bridgehead atoms. The van der Waals surface area contributed by atoms with Gasteiger partial charge in [0.2, 0.25) is 0 Å². The quantitative estimate of drug-likeness (QED) is 0.169. The minimum Gasteiger partial charge on any atom is -0.496 e. The Kier molecular flexibility index (Phi) is 11.4. The Hall–Kier alpha value is -4.75. The number of aliphatic hydroxyl groups is 1. The van der Waals surface area contributed by atoms with Crippen molar-refractivity contribution in [3.63, 3.8) is 0 Å². The molecule has 0 unspecified atom stereocenters. The number of aliphatic carboxylic acids is 3. The molecule has 0 radical (unpaired) electrons. The lowest BCUT2D eigenvalue weighted by atomic mass is 9.96. The number of aromatic nitrogens is 3. The van der Waals surface area contributed by atoms with E-state index in [1.54, 1.807) is 19.4 Å². The van der Waals surface area contributed by atoms with Gasteiger partial charge in [0, 0.05) is 68.3 Å². The summed E-state index contributed by atoms with van der Waals surface area (Å²) in [6.07, 6.45) is 6.44. The van der Waals surface area contributed by atoms with Crippen molar-refractivity contribution in [2.24, 2.45) is 7.05 Å². The molecule has 2 aromatic carbocycles. The van der Waals surface area contributed by atoms with Crippen LogP contribution >= 0.6 is 0 Å². The molecule has 12 nitrogen and oxygen atoms in total. The van der Waals surface area contributed by atoms with Gasteiger partial charge in [0.25, 0.3) is 0 Å². The van der Waals surface area contributed by atoms with Gasteiger partial charge in [0.05, 0.1) is 26.3 Å². The van der Waals surface area contributed by atoms with Crippen LogP contribution in [0, 0.1) is 5.82 Å². The third kappa shape index (κ3) is 9.38. The maximum Gasteiger partial charge on any atom is 0.336 e. The van der Waals surface area contributed by atoms with Gasteiger partial charge in [-0.25, -0.2) is 14.2 Å². The largest absolute Gasteiger partial charge is 0.496 e. The number of halogens is 1. The first kappa shape index (κ1) is 32.8. The second-order valence-electron chi connectivity index (χ2n) is 10.1. The van der Waals surface area contributed by atoms with Gasteiger partial charge in [-0.15, -0.1) is 0 Å². The summed E-state index contributed by atoms with van der Waals surface area (Å²) in [7, 11) is 3.71. The number of carboxylic acid groups (broad SMARTS) is 3. The third-order valence-electron chi connectivity index (χ3n) is 6.75. The van der Waals surface area contributed by atoms with Crippen LogP contribution in [0.1, 0.15) is 30.4 Å². The van der Waals surface area contributed by atoms with Crippen molar-refractivity contribution in [3.8, 4) is 5.75 Å². The van der Waals surface area contributed by atoms with Gasteiger partial charge in [-0.3, -0.25) is 14.5 Å². The Balaban J connectivity index is 0.000000331. The number of hydrogen-bond donors (Lipinski definition) is 4. The Labute approximate surface area is 247 Å². The predicted molar refractivity (Wildman–Crippen MR) is 154 cm³/mol. The van der Waals surface area contributed by atoms with Crippen LogP contribution in [0.5, 0.6) is 5.75 Å². The first-order valence-corrected chi connectivity index (χ1v) is 13.3. The number of hydrogen-bond acceptors (Lipinski definition) is 7. The molecule has 13 heteroatoms. The van der Waals surface area contributed by atoms with Crippen molar-refractivity contribution in [3.05, 3.63) is 84.3 Å². The van der Waals surface area contributed by atoms with Gasteiger partial charge in [-0.05, 0) is 36.2 Å². The Morgan fingerprint density at radius 3 is 2.30 bits per heavy atom. The molecule has 0 aliphatic carbocycles. The molecule has 2 heterocycles. The maximum atomic E-state index is 13.9. The number of methoxy groups -OCH3 is 1. The van der Waals surface area contributed by atoms with Crippen LogP contribution < -0.4 is 4.74 Å². The molecular formula is C30H35FN4O8. The smallest absolute Gasteiger partial charge is 0.336 e. The molecule has 0 saturated carbocycles. The summed E-state index contributed by atoms with van der Waals surface area (Å²) in [6.45, 7) is 3.32. The van der Waals surface area contributed by atoms with Crippen molar-refractivity contribution in [1.82, 2.24) is 19.0 Å². The zero-order valence-electron chi connectivity index (χ0n) is 23.9. The van der Waals surface area contributed by atoms with E-state index in [0.29, 0.717) is 0 Å². The summed E-state index contributed by atoms with van der Waals surface area (Å²) >= 11 is 0. The van der Waals surface area contributed by atoms with Crippen LogP contribution in [0.15, 0.2) is 67.4 Å². The lowest BCUT2D eigenvalue weighted by Gasteiger charge is -2.23. The number of ether oxygens (including phenoxy) is 1. The molecule has 0 fully saturated rings. The molecule has 0 aliphatic heterocycles. The fraction of sp³-hybridized carbons (Fsp3) is 0.333. The minimum atomic E-state index is -2.74. The average molecular weight is 599 g/mol. The SMILES string of the molecule is COc1ccccc1CN(CCCn1ccnc1)Cc1cn(C)c2ccc(F)cc12.O=C(O)CC(O)(CC(=O)O)C(=O)O. The van der Waals surface area contributed by atoms with Crippen molar-refractivity contribution in [2.75, 3.05) is 13.7 Å². The van der Waals surface area contributed by atoms with E-state index in [2.05, 4.69) is 31.3 Å². The maximum absolute atomic E-state index is 13.9. The predicted octanol–water partition coefficient (Wildman–Crippen LogP) is 3.37. The average Bonchev–Trinajstić information content (AvgIpc) is 3.56. The molecule has 4 rings (SSSR count). The van der Waals surface area contributed by atoms with Crippen molar-refractivity contribution < 1.29 is 43.9 Å². The fourth-order valence-corrected chi connectivity index (χ4v) is 4.71. The molecule has 2 aromatic heterocycles. The van der Waals surface area contributed by atoms with Gasteiger partial charge in [-0.1, -0.05) is 18.2 Å². The van der Waals surface area contributed by atoms with E-state index < -0.39 is 36.4 Å². The van der Waals surface area contributed by atoms with Crippen LogP contribution in [0.25, 0.3) is 10.9 Å². The first-order chi connectivity index (χ1) is 20.4. The van der Waals surface area contributed by atoms with Gasteiger partial charge >= 0.3 is 17.9 Å². The summed E-state index contributed by atoms with van der Waals surface area (Å²) in [6, 6.07) is 13.1. The summed E-state index contributed by atoms with van der Waals surface area (Å²) in [5.41, 5.74) is 0.582. The lowest BCUT2D eigenvalue weighted by molar-refractivity contribution is -0.170. The van der Waals surface area contributed by atoms with Crippen molar-refractivity contribution >= 4 is 28.8 Å². The number of carbonyl (C=O) groups is 3. The lowest BCUT2D eigenvalue weighted by Crippen LogP contribution is -2.42. The van der Waals surface area contributed by atoms with Crippen LogP contribution in [0.4, 0.5) is 4.39 Å². The summed E-state index contributed by atoms with van der Waals surface area (Å²) in [5, 5.41) is 34.8. The number of para-hydroxylation sites is 1. The number of fused-ring (bicyclic) bond motifs is 1. The number of rotatable bonds is 14. The molecule has 0 aliphatic rings. The topological polar surface area (TPSA) is 167 Å². The molecule has 0 saturated heterocycles. The van der Waals surface area contributed by atoms with Gasteiger partial charge in [-0.2, -0.15) is 0 Å². The Bertz CT molecular complexity index is 1520. The summed E-state index contributed by atoms with van der Waals surface area (Å²) in [4.78, 5) is 37.0. The molecular weight excluding hydrogens is 563 g/mol. The van der Waals surface area contributed by atoms with Crippen molar-refractivity contribution in [1.29, 1.82) is 0 Å². The van der Waals surface area contributed by atoms with Crippen LogP contribution in [0.2, 0.25) is 0 Å². The standard InChI is InChI=1S/C24H27FN4O.C6H8O7/c1-27-15-20(22-14-21(25)8-9-23(22)27)17-29(12-5-11-28-13-10-26-18-28)16-19-6-3-4-7-24(19)30-2;7-3(8)1-6(13,5(11)12)2-4(9)10/h3-4,6-10,13-15,18H,5,11-12,16-17H2,1-2H3;13H,1-2H2,(H,7,8)(H,9,10)(H,11,12). The molecule has 0 atom stereocenters. The van der Waals surface area contributed by atoms with E-state index in [0.717, 1.165) is 60.4 Å². The van der Waals surface area contributed by atoms with E-state index in [1.165, 1.54) is 6.07 Å². The fourth-order valence-electron chi connectivity index (χ4n) is 4.71. The first-order valence-electron chi connectivity index (χ1n) is 13.3. The molecule has 0 spiro atoms. The highest BCUT2D eigenvalue weighted by atomic mass is 19.1. The summed E-state index contributed by atoms with van der Waals surface area (Å²) < 4.78 is 23.6. The van der Waals surface area contributed by atoms with Crippen LogP contribution in [0.3, 0.4) is 0 Å². The van der Waals surface area contributed by atoms with Crippen LogP contribution in [-0.2, 0) is 41.1 Å². The number of aryl methyl sites for hydroxylation is 2. The molecule has 43 heavy (non-hydrogen) atoms. The van der Waals surface area contributed by atoms with Gasteiger partial charge in [0.1, 0.15) is 11.6 Å². The molecule has 0 amide bonds. The normalized spacial score (nSPS) is 11.3. The molecule has 4 aromatic rings. The highest BCUT2D eigenvalue weighted by Crippen LogP contribution is 2.25.